The number of aromatic amines is 1. The molecule has 0 aliphatic carbocycles. The quantitative estimate of drug-likeness (QED) is 0.619. The molecule has 0 unspecified atom stereocenters. The fraction of sp³-hybridized carbons (Fsp3) is 0.0588. The van der Waals surface area contributed by atoms with Crippen molar-refractivity contribution in [1.29, 1.82) is 0 Å². The number of aromatic nitrogens is 2. The summed E-state index contributed by atoms with van der Waals surface area (Å²) in [6.45, 7) is 0.0836. The first-order chi connectivity index (χ1) is 12.5. The molecule has 0 saturated carbocycles. The van der Waals surface area contributed by atoms with Crippen LogP contribution in [-0.4, -0.2) is 21.4 Å². The maximum Gasteiger partial charge on any atom is 0.328 e. The standard InChI is InChI=1S/C17H14N4O4S/c18-14(22)10-3-5-11(6-4-10)20-15(23)13-8-19-17(25)21(16(13)24)9-12-2-1-7-26-12/h1-8H,9H2,(H2,18,22)(H,19,25)(H,20,23). The summed E-state index contributed by atoms with van der Waals surface area (Å²) in [5.41, 5.74) is 4.37. The molecule has 2 amide bonds. The van der Waals surface area contributed by atoms with Gasteiger partial charge in [0.1, 0.15) is 5.56 Å². The molecule has 2 aromatic heterocycles. The molecule has 3 rings (SSSR count). The Morgan fingerprint density at radius 3 is 2.50 bits per heavy atom. The third kappa shape index (κ3) is 3.62. The van der Waals surface area contributed by atoms with Gasteiger partial charge in [-0.1, -0.05) is 6.07 Å². The van der Waals surface area contributed by atoms with E-state index >= 15 is 0 Å². The van der Waals surface area contributed by atoms with Gasteiger partial charge in [-0.05, 0) is 35.7 Å². The van der Waals surface area contributed by atoms with Crippen LogP contribution in [0.4, 0.5) is 5.69 Å². The molecule has 8 nitrogen and oxygen atoms in total. The molecule has 132 valence electrons. The van der Waals surface area contributed by atoms with Gasteiger partial charge in [-0.15, -0.1) is 11.3 Å². The highest BCUT2D eigenvalue weighted by Gasteiger charge is 2.15. The molecule has 0 fully saturated rings. The van der Waals surface area contributed by atoms with Crippen LogP contribution < -0.4 is 22.3 Å². The average molecular weight is 370 g/mol. The maximum atomic E-state index is 12.5. The van der Waals surface area contributed by atoms with Gasteiger partial charge in [-0.2, -0.15) is 0 Å². The zero-order chi connectivity index (χ0) is 18.7. The first kappa shape index (κ1) is 17.4. The van der Waals surface area contributed by atoms with E-state index in [2.05, 4.69) is 10.3 Å². The number of amides is 2. The van der Waals surface area contributed by atoms with Crippen molar-refractivity contribution in [2.75, 3.05) is 5.32 Å². The topological polar surface area (TPSA) is 127 Å². The smallest absolute Gasteiger partial charge is 0.328 e. The van der Waals surface area contributed by atoms with E-state index in [0.29, 0.717) is 11.3 Å². The fourth-order valence-corrected chi connectivity index (χ4v) is 2.98. The van der Waals surface area contributed by atoms with E-state index in [1.54, 1.807) is 6.07 Å². The van der Waals surface area contributed by atoms with Gasteiger partial charge in [0.25, 0.3) is 11.5 Å². The van der Waals surface area contributed by atoms with E-state index < -0.39 is 23.1 Å². The summed E-state index contributed by atoms with van der Waals surface area (Å²) in [7, 11) is 0. The van der Waals surface area contributed by atoms with Crippen molar-refractivity contribution in [2.24, 2.45) is 5.73 Å². The van der Waals surface area contributed by atoms with E-state index in [4.69, 9.17) is 5.73 Å². The Morgan fingerprint density at radius 1 is 1.15 bits per heavy atom. The van der Waals surface area contributed by atoms with Gasteiger partial charge < -0.3 is 16.0 Å². The summed E-state index contributed by atoms with van der Waals surface area (Å²) < 4.78 is 0.969. The van der Waals surface area contributed by atoms with Crippen LogP contribution in [0.15, 0.2) is 57.6 Å². The van der Waals surface area contributed by atoms with Crippen LogP contribution in [0.1, 0.15) is 25.6 Å². The number of primary amides is 1. The lowest BCUT2D eigenvalue weighted by molar-refractivity contribution is 0.0998. The third-order valence-electron chi connectivity index (χ3n) is 3.63. The summed E-state index contributed by atoms with van der Waals surface area (Å²) in [5.74, 6) is -1.25. The minimum Gasteiger partial charge on any atom is -0.366 e. The van der Waals surface area contributed by atoms with Gasteiger partial charge in [0.15, 0.2) is 0 Å². The number of nitrogens with zero attached hydrogens (tertiary/aromatic N) is 1. The Balaban J connectivity index is 1.86. The minimum absolute atomic E-state index is 0.0836. The second-order valence-corrected chi connectivity index (χ2v) is 6.41. The van der Waals surface area contributed by atoms with E-state index in [9.17, 15) is 19.2 Å². The van der Waals surface area contributed by atoms with Gasteiger partial charge in [0, 0.05) is 22.3 Å². The first-order valence-corrected chi connectivity index (χ1v) is 8.40. The molecule has 0 bridgehead atoms. The Kier molecular flexibility index (Phi) is 4.81. The number of nitrogens with one attached hydrogen (secondary N) is 2. The number of nitrogens with two attached hydrogens (primary N) is 1. The second-order valence-electron chi connectivity index (χ2n) is 5.37. The molecular formula is C17H14N4O4S. The van der Waals surface area contributed by atoms with Crippen LogP contribution in [-0.2, 0) is 6.54 Å². The number of rotatable bonds is 5. The molecule has 4 N–H and O–H groups in total. The zero-order valence-corrected chi connectivity index (χ0v) is 14.2. The Labute approximate surface area is 150 Å². The van der Waals surface area contributed by atoms with Crippen LogP contribution >= 0.6 is 11.3 Å². The van der Waals surface area contributed by atoms with Crippen molar-refractivity contribution in [2.45, 2.75) is 6.54 Å². The maximum absolute atomic E-state index is 12.5. The molecule has 0 atom stereocenters. The summed E-state index contributed by atoms with van der Waals surface area (Å²) in [4.78, 5) is 51.1. The third-order valence-corrected chi connectivity index (χ3v) is 4.49. The molecule has 2 heterocycles. The molecule has 0 spiro atoms. The van der Waals surface area contributed by atoms with E-state index in [1.807, 2.05) is 11.4 Å². The largest absolute Gasteiger partial charge is 0.366 e. The van der Waals surface area contributed by atoms with E-state index in [1.165, 1.54) is 35.6 Å². The summed E-state index contributed by atoms with van der Waals surface area (Å²) in [6.07, 6.45) is 1.09. The van der Waals surface area contributed by atoms with Gasteiger partial charge in [-0.3, -0.25) is 19.0 Å². The molecule has 0 aliphatic heterocycles. The lowest BCUT2D eigenvalue weighted by Gasteiger charge is -2.08. The number of carbonyl (C=O) groups is 2. The molecule has 1 aromatic carbocycles. The minimum atomic E-state index is -0.687. The monoisotopic (exact) mass is 370 g/mol. The van der Waals surface area contributed by atoms with E-state index in [0.717, 1.165) is 15.6 Å². The first-order valence-electron chi connectivity index (χ1n) is 7.52. The summed E-state index contributed by atoms with van der Waals surface area (Å²) >= 11 is 1.40. The van der Waals surface area contributed by atoms with Crippen molar-refractivity contribution in [3.63, 3.8) is 0 Å². The van der Waals surface area contributed by atoms with Crippen molar-refractivity contribution in [1.82, 2.24) is 9.55 Å². The molecule has 3 aromatic rings. The van der Waals surface area contributed by atoms with Crippen molar-refractivity contribution in [3.05, 3.63) is 84.8 Å². The number of carbonyl (C=O) groups excluding carboxylic acids is 2. The highest BCUT2D eigenvalue weighted by atomic mass is 32.1. The second kappa shape index (κ2) is 7.19. The van der Waals surface area contributed by atoms with Crippen LogP contribution in [0.3, 0.4) is 0 Å². The van der Waals surface area contributed by atoms with Crippen LogP contribution in [0.2, 0.25) is 0 Å². The molecular weight excluding hydrogens is 356 g/mol. The lowest BCUT2D eigenvalue weighted by atomic mass is 10.2. The lowest BCUT2D eigenvalue weighted by Crippen LogP contribution is -2.39. The predicted molar refractivity (Wildman–Crippen MR) is 97.7 cm³/mol. The van der Waals surface area contributed by atoms with Gasteiger partial charge in [0.2, 0.25) is 5.91 Å². The summed E-state index contributed by atoms with van der Waals surface area (Å²) in [6, 6.07) is 9.51. The van der Waals surface area contributed by atoms with Crippen LogP contribution in [0.25, 0.3) is 0 Å². The number of anilines is 1. The molecule has 26 heavy (non-hydrogen) atoms. The molecule has 0 aliphatic rings. The average Bonchev–Trinajstić information content (AvgIpc) is 3.12. The Morgan fingerprint density at radius 2 is 1.88 bits per heavy atom. The van der Waals surface area contributed by atoms with Crippen LogP contribution in [0.5, 0.6) is 0 Å². The van der Waals surface area contributed by atoms with Crippen molar-refractivity contribution in [3.8, 4) is 0 Å². The van der Waals surface area contributed by atoms with Crippen molar-refractivity contribution >= 4 is 28.8 Å². The number of benzene rings is 1. The van der Waals surface area contributed by atoms with Crippen molar-refractivity contribution < 1.29 is 9.59 Å². The van der Waals surface area contributed by atoms with Gasteiger partial charge in [0.05, 0.1) is 6.54 Å². The molecule has 0 radical (unpaired) electrons. The Bertz CT molecular complexity index is 1070. The van der Waals surface area contributed by atoms with Gasteiger partial charge in [-0.25, -0.2) is 4.79 Å². The van der Waals surface area contributed by atoms with E-state index in [-0.39, 0.29) is 12.1 Å². The number of thiophene rings is 1. The highest BCUT2D eigenvalue weighted by Crippen LogP contribution is 2.11. The SMILES string of the molecule is NC(=O)c1ccc(NC(=O)c2c[nH]c(=O)n(Cc3cccs3)c2=O)cc1. The number of hydrogen-bond donors (Lipinski definition) is 3. The predicted octanol–water partition coefficient (Wildman–Crippen LogP) is 0.998. The molecule has 0 saturated heterocycles. The summed E-state index contributed by atoms with van der Waals surface area (Å²) in [5, 5.41) is 4.38. The fourth-order valence-electron chi connectivity index (χ4n) is 2.29. The number of H-pyrrole nitrogens is 1. The zero-order valence-electron chi connectivity index (χ0n) is 13.4. The molecule has 9 heteroatoms. The Hall–Kier alpha value is -3.46. The normalized spacial score (nSPS) is 10.5. The highest BCUT2D eigenvalue weighted by molar-refractivity contribution is 7.09. The van der Waals surface area contributed by atoms with Crippen LogP contribution in [0, 0.1) is 0 Å². The van der Waals surface area contributed by atoms with Gasteiger partial charge >= 0.3 is 5.69 Å². The number of hydrogen-bond acceptors (Lipinski definition) is 5.